The Morgan fingerprint density at radius 1 is 1.53 bits per heavy atom. The van der Waals surface area contributed by atoms with E-state index in [1.807, 2.05) is 22.6 Å². The first-order valence-electron chi connectivity index (χ1n) is 6.20. The van der Waals surface area contributed by atoms with Crippen LogP contribution in [0.5, 0.6) is 0 Å². The molecule has 2 heterocycles. The monoisotopic (exact) mass is 251 g/mol. The Morgan fingerprint density at radius 3 is 3.41 bits per heavy atom. The molecule has 1 aliphatic heterocycles. The Kier molecular flexibility index (Phi) is 3.31. The zero-order chi connectivity index (χ0) is 11.5. The number of fused-ring (bicyclic) bond motifs is 1. The summed E-state index contributed by atoms with van der Waals surface area (Å²) in [7, 11) is 0. The molecule has 1 aromatic rings. The summed E-state index contributed by atoms with van der Waals surface area (Å²) in [4.78, 5) is 4.60. The van der Waals surface area contributed by atoms with Gasteiger partial charge in [-0.05, 0) is 18.8 Å². The van der Waals surface area contributed by atoms with E-state index in [2.05, 4.69) is 20.6 Å². The number of aromatic nitrogens is 3. The zero-order valence-corrected chi connectivity index (χ0v) is 10.6. The summed E-state index contributed by atoms with van der Waals surface area (Å²) in [5.41, 5.74) is 0. The number of aliphatic imine (C=N–C) groups is 1. The molecule has 0 bridgehead atoms. The van der Waals surface area contributed by atoms with Crippen LogP contribution in [0.15, 0.2) is 17.4 Å². The van der Waals surface area contributed by atoms with Crippen molar-refractivity contribution in [2.75, 3.05) is 12.3 Å². The number of hydrogen-bond donors (Lipinski definition) is 1. The molecule has 5 nitrogen and oxygen atoms in total. The van der Waals surface area contributed by atoms with Crippen LogP contribution >= 0.6 is 11.8 Å². The molecule has 1 aromatic heterocycles. The Bertz CT molecular complexity index is 389. The SMILES string of the molecule is c1cn(CCN=C2NC3CCCC3CS2)nn1. The van der Waals surface area contributed by atoms with Gasteiger partial charge in [-0.25, -0.2) is 0 Å². The van der Waals surface area contributed by atoms with Gasteiger partial charge >= 0.3 is 0 Å². The normalized spacial score (nSPS) is 30.2. The second-order valence-electron chi connectivity index (χ2n) is 4.61. The van der Waals surface area contributed by atoms with Gasteiger partial charge in [-0.3, -0.25) is 9.67 Å². The number of amidine groups is 1. The summed E-state index contributed by atoms with van der Waals surface area (Å²) in [5.74, 6) is 2.11. The van der Waals surface area contributed by atoms with Gasteiger partial charge < -0.3 is 5.32 Å². The first kappa shape index (κ1) is 11.1. The van der Waals surface area contributed by atoms with Crippen molar-refractivity contribution in [1.82, 2.24) is 20.3 Å². The molecule has 0 amide bonds. The first-order valence-corrected chi connectivity index (χ1v) is 7.18. The average molecular weight is 251 g/mol. The minimum absolute atomic E-state index is 0.682. The number of nitrogens with zero attached hydrogens (tertiary/aromatic N) is 4. The third-order valence-corrected chi connectivity index (χ3v) is 4.57. The summed E-state index contributed by atoms with van der Waals surface area (Å²) < 4.78 is 1.82. The van der Waals surface area contributed by atoms with Gasteiger partial charge in [-0.1, -0.05) is 23.4 Å². The van der Waals surface area contributed by atoms with Gasteiger partial charge in [0.2, 0.25) is 0 Å². The molecule has 2 unspecified atom stereocenters. The first-order chi connectivity index (χ1) is 8.42. The second-order valence-corrected chi connectivity index (χ2v) is 5.61. The summed E-state index contributed by atoms with van der Waals surface area (Å²) in [6.45, 7) is 1.58. The summed E-state index contributed by atoms with van der Waals surface area (Å²) in [6.07, 6.45) is 7.64. The van der Waals surface area contributed by atoms with Crippen LogP contribution in [0.4, 0.5) is 0 Å². The molecular weight excluding hydrogens is 234 g/mol. The fourth-order valence-corrected chi connectivity index (χ4v) is 3.70. The van der Waals surface area contributed by atoms with Gasteiger partial charge in [-0.2, -0.15) is 0 Å². The van der Waals surface area contributed by atoms with Crippen molar-refractivity contribution in [3.05, 3.63) is 12.4 Å². The molecular formula is C11H17N5S. The van der Waals surface area contributed by atoms with Crippen LogP contribution in [0.25, 0.3) is 0 Å². The highest BCUT2D eigenvalue weighted by Crippen LogP contribution is 2.32. The molecule has 92 valence electrons. The molecule has 2 atom stereocenters. The largest absolute Gasteiger partial charge is 0.362 e. The highest BCUT2D eigenvalue weighted by Gasteiger charge is 2.31. The Morgan fingerprint density at radius 2 is 2.53 bits per heavy atom. The van der Waals surface area contributed by atoms with Crippen LogP contribution in [-0.2, 0) is 6.54 Å². The van der Waals surface area contributed by atoms with E-state index >= 15 is 0 Å². The second kappa shape index (κ2) is 5.08. The topological polar surface area (TPSA) is 55.1 Å². The van der Waals surface area contributed by atoms with Crippen LogP contribution in [0, 0.1) is 5.92 Å². The molecule has 0 aromatic carbocycles. The fourth-order valence-electron chi connectivity index (χ4n) is 2.51. The molecule has 2 fully saturated rings. The molecule has 1 saturated heterocycles. The van der Waals surface area contributed by atoms with E-state index in [0.717, 1.165) is 24.2 Å². The van der Waals surface area contributed by atoms with Crippen LogP contribution in [-0.4, -0.2) is 38.5 Å². The highest BCUT2D eigenvalue weighted by molar-refractivity contribution is 8.13. The summed E-state index contributed by atoms with van der Waals surface area (Å²) >= 11 is 1.87. The maximum atomic E-state index is 4.60. The van der Waals surface area contributed by atoms with Gasteiger partial charge in [0.15, 0.2) is 5.17 Å². The van der Waals surface area contributed by atoms with Crippen LogP contribution < -0.4 is 5.32 Å². The van der Waals surface area contributed by atoms with Crippen molar-refractivity contribution in [3.8, 4) is 0 Å². The van der Waals surface area contributed by atoms with E-state index in [-0.39, 0.29) is 0 Å². The minimum atomic E-state index is 0.682. The highest BCUT2D eigenvalue weighted by atomic mass is 32.2. The van der Waals surface area contributed by atoms with Crippen molar-refractivity contribution in [2.45, 2.75) is 31.8 Å². The van der Waals surface area contributed by atoms with Crippen molar-refractivity contribution >= 4 is 16.9 Å². The molecule has 17 heavy (non-hydrogen) atoms. The maximum absolute atomic E-state index is 4.60. The van der Waals surface area contributed by atoms with E-state index < -0.39 is 0 Å². The quantitative estimate of drug-likeness (QED) is 0.875. The minimum Gasteiger partial charge on any atom is -0.362 e. The predicted octanol–water partition coefficient (Wildman–Crippen LogP) is 1.14. The Hall–Kier alpha value is -1.04. The fraction of sp³-hybridized carbons (Fsp3) is 0.727. The lowest BCUT2D eigenvalue weighted by Gasteiger charge is -2.28. The van der Waals surface area contributed by atoms with E-state index in [1.165, 1.54) is 25.0 Å². The molecule has 0 radical (unpaired) electrons. The van der Waals surface area contributed by atoms with E-state index in [4.69, 9.17) is 0 Å². The third-order valence-electron chi connectivity index (χ3n) is 3.46. The van der Waals surface area contributed by atoms with E-state index in [9.17, 15) is 0 Å². The summed E-state index contributed by atoms with van der Waals surface area (Å²) in [5, 5.41) is 12.4. The van der Waals surface area contributed by atoms with Crippen LogP contribution in [0.1, 0.15) is 19.3 Å². The van der Waals surface area contributed by atoms with Crippen LogP contribution in [0.2, 0.25) is 0 Å². The molecule has 1 N–H and O–H groups in total. The van der Waals surface area contributed by atoms with Crippen molar-refractivity contribution < 1.29 is 0 Å². The Balaban J connectivity index is 1.51. The lowest BCUT2D eigenvalue weighted by atomic mass is 10.1. The average Bonchev–Trinajstić information content (AvgIpc) is 2.98. The molecule has 1 saturated carbocycles. The van der Waals surface area contributed by atoms with E-state index in [0.29, 0.717) is 6.04 Å². The van der Waals surface area contributed by atoms with Gasteiger partial charge in [-0.15, -0.1) is 5.10 Å². The maximum Gasteiger partial charge on any atom is 0.156 e. The van der Waals surface area contributed by atoms with Gasteiger partial charge in [0.25, 0.3) is 0 Å². The zero-order valence-electron chi connectivity index (χ0n) is 9.75. The van der Waals surface area contributed by atoms with Crippen LogP contribution in [0.3, 0.4) is 0 Å². The molecule has 3 rings (SSSR count). The molecule has 1 aliphatic carbocycles. The third kappa shape index (κ3) is 2.62. The van der Waals surface area contributed by atoms with Gasteiger partial charge in [0, 0.05) is 18.0 Å². The summed E-state index contributed by atoms with van der Waals surface area (Å²) in [6, 6.07) is 0.682. The lowest BCUT2D eigenvalue weighted by molar-refractivity contribution is 0.489. The lowest BCUT2D eigenvalue weighted by Crippen LogP contribution is -2.41. The van der Waals surface area contributed by atoms with Gasteiger partial charge in [0.05, 0.1) is 19.3 Å². The number of rotatable bonds is 3. The molecule has 6 heteroatoms. The van der Waals surface area contributed by atoms with Crippen molar-refractivity contribution in [1.29, 1.82) is 0 Å². The Labute approximate surface area is 105 Å². The molecule has 2 aliphatic rings. The number of hydrogen-bond acceptors (Lipinski definition) is 4. The van der Waals surface area contributed by atoms with E-state index in [1.54, 1.807) is 6.20 Å². The number of nitrogens with one attached hydrogen (secondary N) is 1. The smallest absolute Gasteiger partial charge is 0.156 e. The van der Waals surface area contributed by atoms with Gasteiger partial charge in [0.1, 0.15) is 0 Å². The standard InChI is InChI=1S/C11H17N5S/c1-2-9-8-17-11(14-10(9)3-1)12-4-6-16-7-5-13-15-16/h5,7,9-10H,1-4,6,8H2,(H,12,14). The predicted molar refractivity (Wildman–Crippen MR) is 69.0 cm³/mol. The number of thioether (sulfide) groups is 1. The molecule has 0 spiro atoms. The van der Waals surface area contributed by atoms with Crippen molar-refractivity contribution in [2.24, 2.45) is 10.9 Å². The van der Waals surface area contributed by atoms with Crippen molar-refractivity contribution in [3.63, 3.8) is 0 Å².